The highest BCUT2D eigenvalue weighted by Crippen LogP contribution is 2.02. The monoisotopic (exact) mass is 122 g/mol. The second kappa shape index (κ2) is 3.25. The molecule has 0 aromatic carbocycles. The molecular formula is C8H10O. The van der Waals surface area contributed by atoms with Gasteiger partial charge >= 0.3 is 0 Å². The Morgan fingerprint density at radius 3 is 3.11 bits per heavy atom. The van der Waals surface area contributed by atoms with Crippen LogP contribution in [-0.4, -0.2) is 11.7 Å². The molecule has 0 fully saturated rings. The molecule has 0 aromatic rings. The van der Waals surface area contributed by atoms with Gasteiger partial charge in [0, 0.05) is 0 Å². The molecule has 0 aliphatic heterocycles. The summed E-state index contributed by atoms with van der Waals surface area (Å²) in [6.45, 7) is 0.151. The molecule has 1 aliphatic rings. The average Bonchev–Trinajstić information content (AvgIpc) is 2.13. The van der Waals surface area contributed by atoms with Gasteiger partial charge in [-0.05, 0) is 12.0 Å². The second-order valence-corrected chi connectivity index (χ2v) is 1.96. The van der Waals surface area contributed by atoms with E-state index >= 15 is 0 Å². The molecular weight excluding hydrogens is 112 g/mol. The van der Waals surface area contributed by atoms with E-state index in [1.165, 1.54) is 0 Å². The van der Waals surface area contributed by atoms with Gasteiger partial charge in [-0.1, -0.05) is 30.4 Å². The van der Waals surface area contributed by atoms with Crippen molar-refractivity contribution in [1.29, 1.82) is 0 Å². The maximum Gasteiger partial charge on any atom is 0.0678 e. The van der Waals surface area contributed by atoms with E-state index < -0.39 is 0 Å². The van der Waals surface area contributed by atoms with Crippen LogP contribution in [0.1, 0.15) is 6.42 Å². The van der Waals surface area contributed by atoms with E-state index in [1.807, 2.05) is 24.3 Å². The van der Waals surface area contributed by atoms with Crippen LogP contribution in [0.15, 0.2) is 36.0 Å². The first-order valence-electron chi connectivity index (χ1n) is 3.06. The summed E-state index contributed by atoms with van der Waals surface area (Å²) in [5.74, 6) is 0. The van der Waals surface area contributed by atoms with E-state index in [-0.39, 0.29) is 6.61 Å². The molecule has 0 heterocycles. The van der Waals surface area contributed by atoms with Gasteiger partial charge in [-0.3, -0.25) is 0 Å². The van der Waals surface area contributed by atoms with Gasteiger partial charge in [-0.25, -0.2) is 0 Å². The smallest absolute Gasteiger partial charge is 0.0678 e. The summed E-state index contributed by atoms with van der Waals surface area (Å²) in [5.41, 5.74) is 1.00. The lowest BCUT2D eigenvalue weighted by Gasteiger charge is -1.90. The zero-order chi connectivity index (χ0) is 6.53. The van der Waals surface area contributed by atoms with Crippen LogP contribution in [0, 0.1) is 0 Å². The van der Waals surface area contributed by atoms with Crippen LogP contribution in [0.4, 0.5) is 0 Å². The summed E-state index contributed by atoms with van der Waals surface area (Å²) < 4.78 is 0. The zero-order valence-electron chi connectivity index (χ0n) is 5.25. The number of aliphatic hydroxyl groups is 1. The average molecular weight is 122 g/mol. The van der Waals surface area contributed by atoms with Crippen molar-refractivity contribution in [3.05, 3.63) is 36.0 Å². The van der Waals surface area contributed by atoms with Gasteiger partial charge in [0.25, 0.3) is 0 Å². The van der Waals surface area contributed by atoms with Crippen LogP contribution in [-0.2, 0) is 0 Å². The molecule has 48 valence electrons. The van der Waals surface area contributed by atoms with E-state index in [0.717, 1.165) is 12.0 Å². The van der Waals surface area contributed by atoms with Crippen molar-refractivity contribution in [1.82, 2.24) is 0 Å². The molecule has 9 heavy (non-hydrogen) atoms. The molecule has 1 rings (SSSR count). The molecule has 0 saturated heterocycles. The third-order valence-electron chi connectivity index (χ3n) is 1.26. The maximum atomic E-state index is 8.67. The van der Waals surface area contributed by atoms with Gasteiger partial charge in [-0.2, -0.15) is 0 Å². The highest BCUT2D eigenvalue weighted by atomic mass is 16.3. The van der Waals surface area contributed by atoms with E-state index in [2.05, 4.69) is 6.08 Å². The third-order valence-corrected chi connectivity index (χ3v) is 1.26. The van der Waals surface area contributed by atoms with Gasteiger partial charge in [0.15, 0.2) is 0 Å². The summed E-state index contributed by atoms with van der Waals surface area (Å²) in [5, 5.41) is 8.67. The quantitative estimate of drug-likeness (QED) is 0.557. The summed E-state index contributed by atoms with van der Waals surface area (Å²) >= 11 is 0. The fourth-order valence-electron chi connectivity index (χ4n) is 0.741. The summed E-state index contributed by atoms with van der Waals surface area (Å²) in [4.78, 5) is 0. The highest BCUT2D eigenvalue weighted by molar-refractivity contribution is 5.26. The molecule has 0 saturated carbocycles. The fourth-order valence-corrected chi connectivity index (χ4v) is 0.741. The highest BCUT2D eigenvalue weighted by Gasteiger charge is 1.87. The number of allylic oxidation sites excluding steroid dienone is 4. The molecule has 0 spiro atoms. The third kappa shape index (κ3) is 1.86. The van der Waals surface area contributed by atoms with E-state index in [4.69, 9.17) is 5.11 Å². The summed E-state index contributed by atoms with van der Waals surface area (Å²) in [6.07, 6.45) is 10.8. The molecule has 0 atom stereocenters. The largest absolute Gasteiger partial charge is 0.392 e. The predicted molar refractivity (Wildman–Crippen MR) is 38.1 cm³/mol. The standard InChI is InChI=1S/C8H10O/c9-7-8-5-3-1-2-4-6-8/h1-3,5-6,9H,4,7H2. The van der Waals surface area contributed by atoms with Crippen molar-refractivity contribution in [2.45, 2.75) is 6.42 Å². The van der Waals surface area contributed by atoms with Crippen LogP contribution in [0.3, 0.4) is 0 Å². The maximum absolute atomic E-state index is 8.67. The molecule has 0 amide bonds. The van der Waals surface area contributed by atoms with Crippen molar-refractivity contribution in [3.8, 4) is 0 Å². The van der Waals surface area contributed by atoms with Crippen molar-refractivity contribution in [3.63, 3.8) is 0 Å². The first kappa shape index (κ1) is 6.30. The lowest BCUT2D eigenvalue weighted by Crippen LogP contribution is -1.83. The Hall–Kier alpha value is -0.820. The minimum absolute atomic E-state index is 0.151. The number of rotatable bonds is 1. The Labute approximate surface area is 55.0 Å². The second-order valence-electron chi connectivity index (χ2n) is 1.96. The van der Waals surface area contributed by atoms with Gasteiger partial charge in [0.1, 0.15) is 0 Å². The van der Waals surface area contributed by atoms with Crippen LogP contribution in [0.25, 0.3) is 0 Å². The molecule has 0 unspecified atom stereocenters. The topological polar surface area (TPSA) is 20.2 Å². The van der Waals surface area contributed by atoms with Crippen LogP contribution in [0.2, 0.25) is 0 Å². The number of aliphatic hydroxyl groups excluding tert-OH is 1. The number of hydrogen-bond donors (Lipinski definition) is 1. The van der Waals surface area contributed by atoms with E-state index in [1.54, 1.807) is 0 Å². The van der Waals surface area contributed by atoms with Gasteiger partial charge < -0.3 is 5.11 Å². The Kier molecular flexibility index (Phi) is 2.28. The Morgan fingerprint density at radius 1 is 1.44 bits per heavy atom. The molecule has 1 N–H and O–H groups in total. The molecule has 0 radical (unpaired) electrons. The zero-order valence-corrected chi connectivity index (χ0v) is 5.25. The van der Waals surface area contributed by atoms with Gasteiger partial charge in [-0.15, -0.1) is 0 Å². The minimum Gasteiger partial charge on any atom is -0.392 e. The first-order valence-corrected chi connectivity index (χ1v) is 3.06. The lowest BCUT2D eigenvalue weighted by molar-refractivity contribution is 0.334. The minimum atomic E-state index is 0.151. The van der Waals surface area contributed by atoms with E-state index in [9.17, 15) is 0 Å². The van der Waals surface area contributed by atoms with Crippen molar-refractivity contribution in [2.75, 3.05) is 6.61 Å². The number of hydrogen-bond acceptors (Lipinski definition) is 1. The predicted octanol–water partition coefficient (Wildman–Crippen LogP) is 1.42. The molecule has 1 nitrogen and oxygen atoms in total. The van der Waals surface area contributed by atoms with Crippen molar-refractivity contribution in [2.24, 2.45) is 0 Å². The van der Waals surface area contributed by atoms with Crippen LogP contribution in [0.5, 0.6) is 0 Å². The molecule has 1 aliphatic carbocycles. The molecule has 1 heteroatoms. The Balaban J connectivity index is 2.63. The fraction of sp³-hybridized carbons (Fsp3) is 0.250. The first-order chi connectivity index (χ1) is 4.43. The van der Waals surface area contributed by atoms with Gasteiger partial charge in [0.2, 0.25) is 0 Å². The lowest BCUT2D eigenvalue weighted by atomic mass is 10.2. The normalized spacial score (nSPS) is 17.2. The Bertz CT molecular complexity index is 163. The van der Waals surface area contributed by atoms with Crippen LogP contribution >= 0.6 is 0 Å². The van der Waals surface area contributed by atoms with Gasteiger partial charge in [0.05, 0.1) is 6.61 Å². The van der Waals surface area contributed by atoms with Crippen molar-refractivity contribution >= 4 is 0 Å². The molecule has 0 bridgehead atoms. The Morgan fingerprint density at radius 2 is 2.33 bits per heavy atom. The summed E-state index contributed by atoms with van der Waals surface area (Å²) in [6, 6.07) is 0. The van der Waals surface area contributed by atoms with Crippen LogP contribution < -0.4 is 0 Å². The van der Waals surface area contributed by atoms with E-state index in [0.29, 0.717) is 0 Å². The summed E-state index contributed by atoms with van der Waals surface area (Å²) in [7, 11) is 0. The van der Waals surface area contributed by atoms with Crippen molar-refractivity contribution < 1.29 is 5.11 Å². The SMILES string of the molecule is OCC1=CCC=CC=C1. The molecule has 0 aromatic heterocycles.